The van der Waals surface area contributed by atoms with Crippen molar-refractivity contribution in [3.63, 3.8) is 0 Å². The number of anilines is 1. The number of benzene rings is 1. The average molecular weight is 299 g/mol. The van der Waals surface area contributed by atoms with Crippen LogP contribution in [0.3, 0.4) is 0 Å². The molecule has 2 heterocycles. The Morgan fingerprint density at radius 2 is 2.09 bits per heavy atom. The molecule has 22 heavy (non-hydrogen) atoms. The van der Waals surface area contributed by atoms with Crippen LogP contribution in [0.5, 0.6) is 0 Å². The summed E-state index contributed by atoms with van der Waals surface area (Å²) in [7, 11) is 3.40. The number of H-pyrrole nitrogens is 1. The molecule has 0 fully saturated rings. The van der Waals surface area contributed by atoms with E-state index in [1.54, 1.807) is 49.4 Å². The molecule has 0 aliphatic carbocycles. The van der Waals surface area contributed by atoms with Crippen LogP contribution in [0.1, 0.15) is 10.4 Å². The second kappa shape index (κ2) is 5.44. The molecule has 0 saturated heterocycles. The van der Waals surface area contributed by atoms with E-state index in [4.69, 9.17) is 0 Å². The van der Waals surface area contributed by atoms with Crippen molar-refractivity contribution in [2.24, 2.45) is 7.05 Å². The van der Waals surface area contributed by atoms with Gasteiger partial charge in [-0.15, -0.1) is 0 Å². The second-order valence-corrected chi connectivity index (χ2v) is 4.87. The molecule has 0 aliphatic rings. The maximum absolute atomic E-state index is 13.9. The molecule has 0 atom stereocenters. The minimum Gasteiger partial charge on any atom is -0.308 e. The smallest absolute Gasteiger partial charge is 0.261 e. The van der Waals surface area contributed by atoms with Gasteiger partial charge in [0.2, 0.25) is 0 Å². The number of aryl methyl sites for hydroxylation is 1. The van der Waals surface area contributed by atoms with Gasteiger partial charge in [0.05, 0.1) is 29.3 Å². The standard InChI is InChI=1S/C15H14FN5O/c1-20-9-10(7-18-20)21(2)15(22)12-8-17-19-14(12)11-5-3-4-6-13(11)16/h3-9H,1-2H3,(H,17,19). The summed E-state index contributed by atoms with van der Waals surface area (Å²) in [5.74, 6) is -0.704. The molecule has 1 aromatic carbocycles. The average Bonchev–Trinajstić information content (AvgIpc) is 3.15. The van der Waals surface area contributed by atoms with Crippen LogP contribution in [0.15, 0.2) is 42.9 Å². The molecule has 0 saturated carbocycles. The molecule has 6 nitrogen and oxygen atoms in total. The summed E-state index contributed by atoms with van der Waals surface area (Å²) in [6, 6.07) is 6.25. The van der Waals surface area contributed by atoms with E-state index in [1.165, 1.54) is 17.2 Å². The van der Waals surface area contributed by atoms with Crippen molar-refractivity contribution in [2.45, 2.75) is 0 Å². The van der Waals surface area contributed by atoms with Gasteiger partial charge >= 0.3 is 0 Å². The highest BCUT2D eigenvalue weighted by atomic mass is 19.1. The van der Waals surface area contributed by atoms with E-state index in [0.29, 0.717) is 22.5 Å². The van der Waals surface area contributed by atoms with Crippen LogP contribution >= 0.6 is 0 Å². The van der Waals surface area contributed by atoms with E-state index in [0.717, 1.165) is 0 Å². The maximum Gasteiger partial charge on any atom is 0.261 e. The van der Waals surface area contributed by atoms with Gasteiger partial charge in [-0.05, 0) is 12.1 Å². The van der Waals surface area contributed by atoms with Gasteiger partial charge in [-0.3, -0.25) is 14.6 Å². The highest BCUT2D eigenvalue weighted by Gasteiger charge is 2.22. The number of halogens is 1. The lowest BCUT2D eigenvalue weighted by atomic mass is 10.1. The molecular weight excluding hydrogens is 285 g/mol. The van der Waals surface area contributed by atoms with E-state index in [1.807, 2.05) is 0 Å². The van der Waals surface area contributed by atoms with Crippen LogP contribution in [-0.2, 0) is 7.05 Å². The summed E-state index contributed by atoms with van der Waals surface area (Å²) in [4.78, 5) is 14.1. The highest BCUT2D eigenvalue weighted by molar-refractivity contribution is 6.09. The third-order valence-corrected chi connectivity index (χ3v) is 3.40. The molecule has 3 rings (SSSR count). The number of carbonyl (C=O) groups excluding carboxylic acids is 1. The lowest BCUT2D eigenvalue weighted by molar-refractivity contribution is 0.0993. The van der Waals surface area contributed by atoms with E-state index in [-0.39, 0.29) is 5.91 Å². The van der Waals surface area contributed by atoms with Crippen LogP contribution in [-0.4, -0.2) is 32.9 Å². The Labute approximate surface area is 126 Å². The Bertz CT molecular complexity index is 823. The Morgan fingerprint density at radius 1 is 1.32 bits per heavy atom. The van der Waals surface area contributed by atoms with E-state index >= 15 is 0 Å². The van der Waals surface area contributed by atoms with Crippen LogP contribution in [0.25, 0.3) is 11.3 Å². The van der Waals surface area contributed by atoms with Gasteiger partial charge < -0.3 is 4.90 Å². The van der Waals surface area contributed by atoms with Crippen molar-refractivity contribution in [3.05, 3.63) is 54.2 Å². The van der Waals surface area contributed by atoms with Gasteiger partial charge in [0.25, 0.3) is 5.91 Å². The van der Waals surface area contributed by atoms with Gasteiger partial charge in [-0.2, -0.15) is 10.2 Å². The lowest BCUT2D eigenvalue weighted by Gasteiger charge is -2.15. The largest absolute Gasteiger partial charge is 0.308 e. The summed E-state index contributed by atoms with van der Waals surface area (Å²) in [6.07, 6.45) is 4.71. The minimum absolute atomic E-state index is 0.292. The summed E-state index contributed by atoms with van der Waals surface area (Å²) in [5, 5.41) is 10.6. The van der Waals surface area contributed by atoms with Gasteiger partial charge in [0.1, 0.15) is 5.82 Å². The number of nitrogens with one attached hydrogen (secondary N) is 1. The number of aromatic nitrogens is 4. The first-order valence-corrected chi connectivity index (χ1v) is 6.63. The molecule has 0 spiro atoms. The van der Waals surface area contributed by atoms with E-state index in [2.05, 4.69) is 15.3 Å². The first kappa shape index (κ1) is 14.0. The molecule has 112 valence electrons. The molecular formula is C15H14FN5O. The van der Waals surface area contributed by atoms with Crippen molar-refractivity contribution in [2.75, 3.05) is 11.9 Å². The Hall–Kier alpha value is -2.96. The Morgan fingerprint density at radius 3 is 2.77 bits per heavy atom. The first-order valence-electron chi connectivity index (χ1n) is 6.63. The molecule has 0 radical (unpaired) electrons. The predicted octanol–water partition coefficient (Wildman–Crippen LogP) is 2.23. The molecule has 7 heteroatoms. The van der Waals surface area contributed by atoms with E-state index < -0.39 is 5.82 Å². The van der Waals surface area contributed by atoms with Crippen LogP contribution in [0.4, 0.5) is 10.1 Å². The lowest BCUT2D eigenvalue weighted by Crippen LogP contribution is -2.26. The van der Waals surface area contributed by atoms with Crippen LogP contribution in [0, 0.1) is 5.82 Å². The number of carbonyl (C=O) groups is 1. The highest BCUT2D eigenvalue weighted by Crippen LogP contribution is 2.25. The topological polar surface area (TPSA) is 66.8 Å². The monoisotopic (exact) mass is 299 g/mol. The molecule has 0 unspecified atom stereocenters. The van der Waals surface area contributed by atoms with Crippen molar-refractivity contribution < 1.29 is 9.18 Å². The van der Waals surface area contributed by atoms with Crippen molar-refractivity contribution in [1.82, 2.24) is 20.0 Å². The quantitative estimate of drug-likeness (QED) is 0.806. The number of nitrogens with zero attached hydrogens (tertiary/aromatic N) is 4. The van der Waals surface area contributed by atoms with Gasteiger partial charge in [-0.25, -0.2) is 4.39 Å². The summed E-state index contributed by atoms with van der Waals surface area (Å²) in [6.45, 7) is 0. The normalized spacial score (nSPS) is 10.7. The predicted molar refractivity (Wildman–Crippen MR) is 79.9 cm³/mol. The van der Waals surface area contributed by atoms with Crippen molar-refractivity contribution in [1.29, 1.82) is 0 Å². The number of aromatic amines is 1. The third-order valence-electron chi connectivity index (χ3n) is 3.40. The second-order valence-electron chi connectivity index (χ2n) is 4.87. The third kappa shape index (κ3) is 2.37. The molecule has 0 bridgehead atoms. The number of rotatable bonds is 3. The van der Waals surface area contributed by atoms with Gasteiger partial charge in [-0.1, -0.05) is 12.1 Å². The number of hydrogen-bond donors (Lipinski definition) is 1. The zero-order chi connectivity index (χ0) is 15.7. The number of hydrogen-bond acceptors (Lipinski definition) is 3. The summed E-state index contributed by atoms with van der Waals surface area (Å²) in [5.41, 5.74) is 1.62. The zero-order valence-electron chi connectivity index (χ0n) is 12.1. The number of amides is 1. The summed E-state index contributed by atoms with van der Waals surface area (Å²) >= 11 is 0. The summed E-state index contributed by atoms with van der Waals surface area (Å²) < 4.78 is 15.5. The minimum atomic E-state index is -0.412. The Kier molecular flexibility index (Phi) is 3.46. The molecule has 0 aliphatic heterocycles. The van der Waals surface area contributed by atoms with Gasteiger partial charge in [0.15, 0.2) is 0 Å². The molecule has 1 amide bonds. The molecule has 1 N–H and O–H groups in total. The SMILES string of the molecule is CN(C(=O)c1cn[nH]c1-c1ccccc1F)c1cnn(C)c1. The van der Waals surface area contributed by atoms with Gasteiger partial charge in [0, 0.05) is 25.9 Å². The zero-order valence-corrected chi connectivity index (χ0v) is 12.1. The maximum atomic E-state index is 13.9. The molecule has 3 aromatic rings. The fourth-order valence-corrected chi connectivity index (χ4v) is 2.20. The van der Waals surface area contributed by atoms with Crippen molar-refractivity contribution >= 4 is 11.6 Å². The van der Waals surface area contributed by atoms with Crippen molar-refractivity contribution in [3.8, 4) is 11.3 Å². The Balaban J connectivity index is 1.98. The fraction of sp³-hybridized carbons (Fsp3) is 0.133. The molecule has 2 aromatic heterocycles. The van der Waals surface area contributed by atoms with Crippen LogP contribution < -0.4 is 4.90 Å². The first-order chi connectivity index (χ1) is 10.6. The van der Waals surface area contributed by atoms with Crippen LogP contribution in [0.2, 0.25) is 0 Å². The fourth-order valence-electron chi connectivity index (χ4n) is 2.20. The van der Waals surface area contributed by atoms with E-state index in [9.17, 15) is 9.18 Å².